The maximum atomic E-state index is 13.3. The van der Waals surface area contributed by atoms with Gasteiger partial charge in [-0.05, 0) is 18.6 Å². The largest absolute Gasteiger partial charge is 0.484 e. The summed E-state index contributed by atoms with van der Waals surface area (Å²) in [4.78, 5) is 35.1. The van der Waals surface area contributed by atoms with Gasteiger partial charge in [-0.3, -0.25) is 15.0 Å². The van der Waals surface area contributed by atoms with E-state index in [1.165, 1.54) is 12.1 Å². The van der Waals surface area contributed by atoms with Crippen molar-refractivity contribution >= 4 is 29.5 Å². The van der Waals surface area contributed by atoms with Crippen LogP contribution in [0.1, 0.15) is 12.8 Å². The van der Waals surface area contributed by atoms with Crippen LogP contribution in [0.2, 0.25) is 5.02 Å². The van der Waals surface area contributed by atoms with Crippen LogP contribution in [0.5, 0.6) is 5.75 Å². The molecule has 0 unspecified atom stereocenters. The highest BCUT2D eigenvalue weighted by atomic mass is 35.5. The molecule has 1 aliphatic heterocycles. The molecule has 1 aromatic carbocycles. The van der Waals surface area contributed by atoms with E-state index >= 15 is 0 Å². The van der Waals surface area contributed by atoms with Crippen LogP contribution in [0.4, 0.5) is 22.4 Å². The Hall–Kier alpha value is -2.84. The number of amides is 3. The summed E-state index contributed by atoms with van der Waals surface area (Å²) in [6.07, 6.45) is -8.46. The molecule has 33 heavy (non-hydrogen) atoms. The lowest BCUT2D eigenvalue weighted by Gasteiger charge is -2.29. The number of alkyl halides is 3. The second-order valence-electron chi connectivity index (χ2n) is 6.60. The molecule has 1 saturated heterocycles. The molecule has 0 aliphatic carbocycles. The lowest BCUT2D eigenvalue weighted by molar-refractivity contribution is -0.198. The Morgan fingerprint density at radius 3 is 2.48 bits per heavy atom. The first-order valence-electron chi connectivity index (χ1n) is 9.43. The Morgan fingerprint density at radius 2 is 1.85 bits per heavy atom. The average Bonchev–Trinajstić information content (AvgIpc) is 2.76. The van der Waals surface area contributed by atoms with Crippen molar-refractivity contribution in [1.29, 1.82) is 0 Å². The molecule has 0 radical (unpaired) electrons. The number of halogens is 5. The lowest BCUT2D eigenvalue weighted by atomic mass is 10.3. The third-order valence-corrected chi connectivity index (χ3v) is 4.17. The summed E-state index contributed by atoms with van der Waals surface area (Å²) in [6.45, 7) is -1.13. The minimum absolute atomic E-state index is 0.0880. The highest BCUT2D eigenvalue weighted by Gasteiger charge is 2.29. The summed E-state index contributed by atoms with van der Waals surface area (Å²) in [5, 5.41) is 2.44. The van der Waals surface area contributed by atoms with E-state index in [0.29, 0.717) is 0 Å². The molecule has 0 aromatic heterocycles. The molecule has 3 amide bonds. The Labute approximate surface area is 189 Å². The maximum Gasteiger partial charge on any atom is 0.426 e. The summed E-state index contributed by atoms with van der Waals surface area (Å²) in [7, 11) is 0. The molecular weight excluding hydrogens is 482 g/mol. The molecule has 1 aromatic rings. The number of rotatable bonds is 8. The van der Waals surface area contributed by atoms with Crippen molar-refractivity contribution in [2.24, 2.45) is 0 Å². The van der Waals surface area contributed by atoms with Crippen molar-refractivity contribution in [2.45, 2.75) is 31.3 Å². The number of carbonyl (C=O) groups is 3. The predicted octanol–water partition coefficient (Wildman–Crippen LogP) is 1.82. The van der Waals surface area contributed by atoms with Crippen molar-refractivity contribution < 1.29 is 50.9 Å². The number of hydrogen-bond donors (Lipinski definition) is 3. The molecule has 0 bridgehead atoms. The number of hydrogen-bond acceptors (Lipinski definition) is 7. The highest BCUT2D eigenvalue weighted by molar-refractivity contribution is 6.30. The molecule has 0 saturated carbocycles. The number of carbonyl (C=O) groups excluding carboxylic acids is 3. The van der Waals surface area contributed by atoms with Gasteiger partial charge in [0.2, 0.25) is 6.29 Å². The lowest BCUT2D eigenvalue weighted by Crippen LogP contribution is -2.54. The van der Waals surface area contributed by atoms with Crippen LogP contribution >= 0.6 is 11.6 Å². The van der Waals surface area contributed by atoms with Gasteiger partial charge in [-0.1, -0.05) is 11.6 Å². The second-order valence-corrected chi connectivity index (χ2v) is 7.00. The van der Waals surface area contributed by atoms with E-state index < -0.39 is 68.3 Å². The van der Waals surface area contributed by atoms with Crippen LogP contribution in [0.25, 0.3) is 0 Å². The van der Waals surface area contributed by atoms with Crippen molar-refractivity contribution in [1.82, 2.24) is 16.2 Å². The molecule has 184 valence electrons. The summed E-state index contributed by atoms with van der Waals surface area (Å²) >= 11 is 5.55. The summed E-state index contributed by atoms with van der Waals surface area (Å²) in [5.74, 6) is -2.05. The summed E-state index contributed by atoms with van der Waals surface area (Å²) < 4.78 is 69.2. The molecule has 15 heteroatoms. The van der Waals surface area contributed by atoms with Gasteiger partial charge in [-0.15, -0.1) is 0 Å². The molecule has 10 nitrogen and oxygen atoms in total. The first kappa shape index (κ1) is 26.4. The molecule has 3 N–H and O–H groups in total. The van der Waals surface area contributed by atoms with E-state index in [4.69, 9.17) is 25.8 Å². The van der Waals surface area contributed by atoms with E-state index in [1.54, 1.807) is 0 Å². The molecule has 1 aliphatic rings. The molecule has 1 fully saturated rings. The predicted molar refractivity (Wildman–Crippen MR) is 102 cm³/mol. The van der Waals surface area contributed by atoms with E-state index in [9.17, 15) is 31.9 Å². The van der Waals surface area contributed by atoms with Crippen molar-refractivity contribution in [3.63, 3.8) is 0 Å². The number of ether oxygens (including phenoxy) is 4. The molecule has 0 spiro atoms. The summed E-state index contributed by atoms with van der Waals surface area (Å²) in [6, 6.07) is 3.08. The van der Waals surface area contributed by atoms with E-state index in [0.717, 1.165) is 6.07 Å². The third kappa shape index (κ3) is 10.1. The molecule has 1 heterocycles. The Morgan fingerprint density at radius 1 is 1.15 bits per heavy atom. The van der Waals surface area contributed by atoms with Gasteiger partial charge in [0.25, 0.3) is 11.8 Å². The van der Waals surface area contributed by atoms with E-state index in [-0.39, 0.29) is 24.0 Å². The third-order valence-electron chi connectivity index (χ3n) is 3.86. The first-order chi connectivity index (χ1) is 15.5. The smallest absolute Gasteiger partial charge is 0.426 e. The fourth-order valence-corrected chi connectivity index (χ4v) is 2.49. The van der Waals surface area contributed by atoms with Gasteiger partial charge < -0.3 is 24.3 Å². The minimum atomic E-state index is -4.36. The van der Waals surface area contributed by atoms with Gasteiger partial charge in [0.15, 0.2) is 6.61 Å². The van der Waals surface area contributed by atoms with Gasteiger partial charge >= 0.3 is 12.3 Å². The van der Waals surface area contributed by atoms with Crippen molar-refractivity contribution in [2.75, 3.05) is 26.4 Å². The molecule has 2 rings (SSSR count). The zero-order valence-corrected chi connectivity index (χ0v) is 17.6. The Balaban J connectivity index is 1.60. The van der Waals surface area contributed by atoms with Crippen LogP contribution in [0, 0.1) is 5.82 Å². The van der Waals surface area contributed by atoms with Crippen LogP contribution in [-0.2, 0) is 23.8 Å². The normalized spacial score (nSPS) is 18.2. The van der Waals surface area contributed by atoms with E-state index in [1.807, 2.05) is 10.9 Å². The SMILES string of the molecule is O=C(COc1ccc(Cl)c(F)c1)NC1COC(C(=O)NNC(=O)OCCCC(F)(F)F)OC1. The van der Waals surface area contributed by atoms with Gasteiger partial charge in [0.1, 0.15) is 11.6 Å². The van der Waals surface area contributed by atoms with Crippen LogP contribution in [-0.4, -0.2) is 62.8 Å². The first-order valence-corrected chi connectivity index (χ1v) is 9.81. The summed E-state index contributed by atoms with van der Waals surface area (Å²) in [5.41, 5.74) is 3.77. The Kier molecular flexibility index (Phi) is 9.94. The number of benzene rings is 1. The molecular formula is C18H20ClF4N3O7. The maximum absolute atomic E-state index is 13.3. The fraction of sp³-hybridized carbons (Fsp3) is 0.500. The van der Waals surface area contributed by atoms with Gasteiger partial charge in [-0.2, -0.15) is 13.2 Å². The van der Waals surface area contributed by atoms with Crippen LogP contribution in [0.15, 0.2) is 18.2 Å². The van der Waals surface area contributed by atoms with Gasteiger partial charge in [0, 0.05) is 12.5 Å². The quantitative estimate of drug-likeness (QED) is 0.282. The molecule has 0 atom stereocenters. The van der Waals surface area contributed by atoms with Crippen molar-refractivity contribution in [3.05, 3.63) is 29.0 Å². The van der Waals surface area contributed by atoms with Gasteiger partial charge in [-0.25, -0.2) is 14.6 Å². The number of hydrazine groups is 1. The van der Waals surface area contributed by atoms with Crippen LogP contribution in [0.3, 0.4) is 0 Å². The standard InChI is InChI=1S/C18H20ClF4N3O7/c19-12-3-2-11(6-13(12)20)31-9-14(27)24-10-7-32-16(33-8-10)15(28)25-26-17(29)30-5-1-4-18(21,22)23/h2-3,6,10,16H,1,4-5,7-9H2,(H,24,27)(H,25,28)(H,26,29). The van der Waals surface area contributed by atoms with E-state index in [2.05, 4.69) is 10.1 Å². The minimum Gasteiger partial charge on any atom is -0.484 e. The zero-order chi connectivity index (χ0) is 24.4. The average molecular weight is 502 g/mol. The Bertz CT molecular complexity index is 836. The highest BCUT2D eigenvalue weighted by Crippen LogP contribution is 2.21. The number of nitrogens with one attached hydrogen (secondary N) is 3. The zero-order valence-electron chi connectivity index (χ0n) is 16.9. The second kappa shape index (κ2) is 12.4. The van der Waals surface area contributed by atoms with Gasteiger partial charge in [0.05, 0.1) is 30.9 Å². The topological polar surface area (TPSA) is 124 Å². The monoisotopic (exact) mass is 501 g/mol. The van der Waals surface area contributed by atoms with Crippen LogP contribution < -0.4 is 20.9 Å². The fourth-order valence-electron chi connectivity index (χ4n) is 2.37. The van der Waals surface area contributed by atoms with Crippen molar-refractivity contribution in [3.8, 4) is 5.75 Å².